The van der Waals surface area contributed by atoms with Crippen LogP contribution in [0.4, 0.5) is 5.82 Å². The van der Waals surface area contributed by atoms with Gasteiger partial charge in [0.15, 0.2) is 0 Å². The summed E-state index contributed by atoms with van der Waals surface area (Å²) < 4.78 is 17.1. The zero-order chi connectivity index (χ0) is 22.7. The van der Waals surface area contributed by atoms with E-state index in [4.69, 9.17) is 25.8 Å². The first-order valence-electron chi connectivity index (χ1n) is 9.72. The van der Waals surface area contributed by atoms with Gasteiger partial charge in [0.05, 0.1) is 33.2 Å². The summed E-state index contributed by atoms with van der Waals surface area (Å²) in [6.45, 7) is 0.559. The van der Waals surface area contributed by atoms with Crippen molar-refractivity contribution in [3.05, 3.63) is 71.0 Å². The highest BCUT2D eigenvalue weighted by molar-refractivity contribution is 6.29. The SMILES string of the molecule is COC(=O)c1cnn2c(-c3cc(Cl)nc(NCc4ccc(OC)cc4)c3)ccc(OC)c12. The Morgan fingerprint density at radius 1 is 1.06 bits per heavy atom. The number of carbonyl (C=O) groups excluding carboxylic acids is 1. The number of hydrogen-bond donors (Lipinski definition) is 1. The average molecular weight is 453 g/mol. The van der Waals surface area contributed by atoms with Crippen molar-refractivity contribution in [2.45, 2.75) is 6.54 Å². The second-order valence-corrected chi connectivity index (χ2v) is 7.25. The summed E-state index contributed by atoms with van der Waals surface area (Å²) in [5, 5.41) is 7.99. The van der Waals surface area contributed by atoms with Crippen molar-refractivity contribution in [2.24, 2.45) is 0 Å². The molecule has 1 aromatic carbocycles. The van der Waals surface area contributed by atoms with Gasteiger partial charge in [0.25, 0.3) is 0 Å². The minimum Gasteiger partial charge on any atom is -0.497 e. The summed E-state index contributed by atoms with van der Waals surface area (Å²) >= 11 is 6.31. The van der Waals surface area contributed by atoms with Crippen LogP contribution in [0, 0.1) is 0 Å². The van der Waals surface area contributed by atoms with E-state index in [-0.39, 0.29) is 0 Å². The summed E-state index contributed by atoms with van der Waals surface area (Å²) in [4.78, 5) is 16.6. The molecule has 1 N–H and O–H groups in total. The lowest BCUT2D eigenvalue weighted by atomic mass is 10.1. The lowest BCUT2D eigenvalue weighted by Gasteiger charge is -2.12. The molecule has 4 aromatic rings. The zero-order valence-corrected chi connectivity index (χ0v) is 18.5. The third-order valence-corrected chi connectivity index (χ3v) is 5.16. The van der Waals surface area contributed by atoms with Gasteiger partial charge in [-0.1, -0.05) is 23.7 Å². The van der Waals surface area contributed by atoms with Crippen molar-refractivity contribution in [1.29, 1.82) is 0 Å². The summed E-state index contributed by atoms with van der Waals surface area (Å²) in [6.07, 6.45) is 1.46. The molecule has 0 aliphatic heterocycles. The van der Waals surface area contributed by atoms with E-state index >= 15 is 0 Å². The van der Waals surface area contributed by atoms with E-state index in [9.17, 15) is 4.79 Å². The van der Waals surface area contributed by atoms with E-state index in [2.05, 4.69) is 15.4 Å². The van der Waals surface area contributed by atoms with Crippen molar-refractivity contribution in [1.82, 2.24) is 14.6 Å². The van der Waals surface area contributed by atoms with Crippen LogP contribution in [0.3, 0.4) is 0 Å². The van der Waals surface area contributed by atoms with Crippen LogP contribution in [0.1, 0.15) is 15.9 Å². The third-order valence-electron chi connectivity index (χ3n) is 4.97. The third kappa shape index (κ3) is 4.17. The molecule has 8 nitrogen and oxygen atoms in total. The topological polar surface area (TPSA) is 87.0 Å². The molecule has 3 aromatic heterocycles. The molecule has 3 heterocycles. The first-order chi connectivity index (χ1) is 15.5. The number of ether oxygens (including phenoxy) is 3. The number of nitrogens with zero attached hydrogens (tertiary/aromatic N) is 3. The van der Waals surface area contributed by atoms with Crippen LogP contribution in [0.2, 0.25) is 5.15 Å². The predicted octanol–water partition coefficient (Wildman–Crippen LogP) is 4.47. The molecule has 0 unspecified atom stereocenters. The zero-order valence-electron chi connectivity index (χ0n) is 17.8. The number of rotatable bonds is 7. The summed E-state index contributed by atoms with van der Waals surface area (Å²) in [6, 6.07) is 15.0. The van der Waals surface area contributed by atoms with E-state index in [0.29, 0.717) is 40.0 Å². The van der Waals surface area contributed by atoms with Gasteiger partial charge in [0, 0.05) is 12.1 Å². The Kier molecular flexibility index (Phi) is 6.13. The molecule has 0 bridgehead atoms. The minimum absolute atomic E-state index is 0.309. The average Bonchev–Trinajstić information content (AvgIpc) is 3.27. The molecule has 0 atom stereocenters. The molecule has 0 amide bonds. The van der Waals surface area contributed by atoms with E-state index in [1.165, 1.54) is 20.4 Å². The number of anilines is 1. The highest BCUT2D eigenvalue weighted by Crippen LogP contribution is 2.31. The molecule has 0 aliphatic carbocycles. The quantitative estimate of drug-likeness (QED) is 0.327. The maximum atomic E-state index is 12.2. The van der Waals surface area contributed by atoms with Crippen molar-refractivity contribution >= 4 is 28.9 Å². The van der Waals surface area contributed by atoms with Crippen LogP contribution in [-0.4, -0.2) is 41.9 Å². The van der Waals surface area contributed by atoms with Crippen molar-refractivity contribution < 1.29 is 19.0 Å². The Bertz CT molecular complexity index is 1270. The van der Waals surface area contributed by atoms with Gasteiger partial charge in [0.2, 0.25) is 0 Å². The van der Waals surface area contributed by atoms with Crippen LogP contribution >= 0.6 is 11.6 Å². The van der Waals surface area contributed by atoms with Gasteiger partial charge < -0.3 is 19.5 Å². The highest BCUT2D eigenvalue weighted by atomic mass is 35.5. The fourth-order valence-corrected chi connectivity index (χ4v) is 3.59. The molecule has 32 heavy (non-hydrogen) atoms. The number of hydrogen-bond acceptors (Lipinski definition) is 7. The lowest BCUT2D eigenvalue weighted by Crippen LogP contribution is -2.04. The molecular weight excluding hydrogens is 432 g/mol. The maximum Gasteiger partial charge on any atom is 0.341 e. The molecule has 0 aliphatic rings. The molecule has 0 radical (unpaired) electrons. The Balaban J connectivity index is 1.70. The number of pyridine rings is 2. The largest absolute Gasteiger partial charge is 0.497 e. The molecule has 0 fully saturated rings. The van der Waals surface area contributed by atoms with Crippen molar-refractivity contribution in [3.63, 3.8) is 0 Å². The van der Waals surface area contributed by atoms with Gasteiger partial charge >= 0.3 is 5.97 Å². The molecule has 9 heteroatoms. The summed E-state index contributed by atoms with van der Waals surface area (Å²) in [7, 11) is 4.49. The second kappa shape index (κ2) is 9.15. The number of fused-ring (bicyclic) bond motifs is 1. The molecule has 0 saturated heterocycles. The normalized spacial score (nSPS) is 10.8. The minimum atomic E-state index is -0.495. The second-order valence-electron chi connectivity index (χ2n) is 6.86. The Morgan fingerprint density at radius 3 is 2.53 bits per heavy atom. The number of carbonyl (C=O) groups is 1. The lowest BCUT2D eigenvalue weighted by molar-refractivity contribution is 0.0602. The highest BCUT2D eigenvalue weighted by Gasteiger charge is 2.20. The predicted molar refractivity (Wildman–Crippen MR) is 122 cm³/mol. The summed E-state index contributed by atoms with van der Waals surface area (Å²) in [5.74, 6) is 1.41. The monoisotopic (exact) mass is 452 g/mol. The first kappa shape index (κ1) is 21.5. The van der Waals surface area contributed by atoms with Gasteiger partial charge in [0.1, 0.15) is 33.6 Å². The van der Waals surface area contributed by atoms with Gasteiger partial charge in [-0.25, -0.2) is 14.3 Å². The number of methoxy groups -OCH3 is 3. The van der Waals surface area contributed by atoms with Gasteiger partial charge in [-0.05, 0) is 42.0 Å². The van der Waals surface area contributed by atoms with Crippen molar-refractivity contribution in [2.75, 3.05) is 26.6 Å². The van der Waals surface area contributed by atoms with Gasteiger partial charge in [-0.2, -0.15) is 5.10 Å². The van der Waals surface area contributed by atoms with Crippen molar-refractivity contribution in [3.8, 4) is 22.8 Å². The first-order valence-corrected chi connectivity index (χ1v) is 10.1. The van der Waals surface area contributed by atoms with E-state index in [1.807, 2.05) is 36.4 Å². The number of esters is 1. The van der Waals surface area contributed by atoms with E-state index < -0.39 is 5.97 Å². The number of aromatic nitrogens is 3. The Labute approximate surface area is 189 Å². The molecule has 0 saturated carbocycles. The fraction of sp³-hybridized carbons (Fsp3) is 0.174. The standard InChI is InChI=1S/C23H21ClN4O4/c1-30-16-6-4-14(5-7-16)12-25-21-11-15(10-20(24)27-21)18-8-9-19(31-2)22-17(23(29)32-3)13-26-28(18)22/h4-11,13H,12H2,1-3H3,(H,25,27). The summed E-state index contributed by atoms with van der Waals surface area (Å²) in [5.41, 5.74) is 3.37. The van der Waals surface area contributed by atoms with Crippen LogP contribution in [0.25, 0.3) is 16.8 Å². The fourth-order valence-electron chi connectivity index (χ4n) is 3.39. The number of halogens is 1. The number of benzene rings is 1. The molecular formula is C23H21ClN4O4. The van der Waals surface area contributed by atoms with Gasteiger partial charge in [-0.3, -0.25) is 0 Å². The Hall–Kier alpha value is -3.78. The van der Waals surface area contributed by atoms with Crippen LogP contribution in [0.15, 0.2) is 54.7 Å². The van der Waals surface area contributed by atoms with Gasteiger partial charge in [-0.15, -0.1) is 0 Å². The van der Waals surface area contributed by atoms with E-state index in [1.54, 1.807) is 23.8 Å². The van der Waals surface area contributed by atoms with Crippen LogP contribution in [0.5, 0.6) is 11.5 Å². The van der Waals surface area contributed by atoms with E-state index in [0.717, 1.165) is 16.9 Å². The van der Waals surface area contributed by atoms with Crippen LogP contribution < -0.4 is 14.8 Å². The number of nitrogens with one attached hydrogen (secondary N) is 1. The molecule has 164 valence electrons. The molecule has 0 spiro atoms. The maximum absolute atomic E-state index is 12.2. The Morgan fingerprint density at radius 2 is 1.84 bits per heavy atom. The molecule has 4 rings (SSSR count). The smallest absolute Gasteiger partial charge is 0.341 e. The van der Waals surface area contributed by atoms with Crippen LogP contribution in [-0.2, 0) is 11.3 Å².